The van der Waals surface area contributed by atoms with Gasteiger partial charge in [-0.15, -0.1) is 0 Å². The lowest BCUT2D eigenvalue weighted by Gasteiger charge is -2.12. The van der Waals surface area contributed by atoms with Gasteiger partial charge in [-0.2, -0.15) is 5.26 Å². The summed E-state index contributed by atoms with van der Waals surface area (Å²) in [6.07, 6.45) is 0.723. The molecular weight excluding hydrogens is 438 g/mol. The molecule has 0 saturated carbocycles. The summed E-state index contributed by atoms with van der Waals surface area (Å²) >= 11 is 0. The zero-order valence-electron chi connectivity index (χ0n) is 19.4. The number of aromatic nitrogens is 1. The van der Waals surface area contributed by atoms with Crippen LogP contribution in [0.1, 0.15) is 29.2 Å². The SMILES string of the molecule is CCc1ccc(-c2cccc(Oc3cc(C#N)cc(-c4cccc(CN)c4)c3)n2)c(CC(=O)O)c1. The van der Waals surface area contributed by atoms with Crippen molar-refractivity contribution in [1.82, 2.24) is 4.98 Å². The van der Waals surface area contributed by atoms with Crippen LogP contribution in [0, 0.1) is 11.3 Å². The van der Waals surface area contributed by atoms with Crippen molar-refractivity contribution in [1.29, 1.82) is 5.26 Å². The molecule has 0 unspecified atom stereocenters. The first kappa shape index (κ1) is 23.7. The van der Waals surface area contributed by atoms with E-state index < -0.39 is 5.97 Å². The van der Waals surface area contributed by atoms with E-state index in [1.807, 2.05) is 67.6 Å². The van der Waals surface area contributed by atoms with E-state index in [0.717, 1.165) is 34.2 Å². The minimum atomic E-state index is -0.897. The number of ether oxygens (including phenoxy) is 1. The number of nitrogens with zero attached hydrogens (tertiary/aromatic N) is 2. The number of aryl methyl sites for hydroxylation is 1. The highest BCUT2D eigenvalue weighted by Crippen LogP contribution is 2.31. The average molecular weight is 464 g/mol. The molecule has 0 amide bonds. The van der Waals surface area contributed by atoms with Crippen LogP contribution < -0.4 is 10.5 Å². The first-order valence-electron chi connectivity index (χ1n) is 11.3. The maximum atomic E-state index is 11.4. The Bertz CT molecular complexity index is 1420. The van der Waals surface area contributed by atoms with E-state index in [1.54, 1.807) is 18.2 Å². The number of benzene rings is 3. The lowest BCUT2D eigenvalue weighted by Crippen LogP contribution is -2.03. The Morgan fingerprint density at radius 2 is 1.83 bits per heavy atom. The van der Waals surface area contributed by atoms with Crippen LogP contribution in [0.3, 0.4) is 0 Å². The normalized spacial score (nSPS) is 10.5. The number of carboxylic acid groups (broad SMARTS) is 1. The third-order valence-electron chi connectivity index (χ3n) is 5.67. The van der Waals surface area contributed by atoms with Crippen LogP contribution in [-0.4, -0.2) is 16.1 Å². The van der Waals surface area contributed by atoms with Crippen molar-refractivity contribution >= 4 is 5.97 Å². The van der Waals surface area contributed by atoms with Crippen LogP contribution in [-0.2, 0) is 24.2 Å². The largest absolute Gasteiger partial charge is 0.481 e. The summed E-state index contributed by atoms with van der Waals surface area (Å²) in [4.78, 5) is 16.1. The first-order valence-corrected chi connectivity index (χ1v) is 11.3. The summed E-state index contributed by atoms with van der Waals surface area (Å²) in [7, 11) is 0. The van der Waals surface area contributed by atoms with Crippen molar-refractivity contribution in [3.8, 4) is 40.1 Å². The smallest absolute Gasteiger partial charge is 0.307 e. The molecule has 0 bridgehead atoms. The molecule has 0 radical (unpaired) electrons. The Morgan fingerprint density at radius 1 is 1.00 bits per heavy atom. The van der Waals surface area contributed by atoms with Gasteiger partial charge in [-0.25, -0.2) is 4.98 Å². The number of nitriles is 1. The fourth-order valence-corrected chi connectivity index (χ4v) is 3.94. The number of pyridine rings is 1. The van der Waals surface area contributed by atoms with Gasteiger partial charge < -0.3 is 15.6 Å². The standard InChI is InChI=1S/C29H25N3O3/c1-2-19-9-10-26(24(11-19)16-29(33)34)27-7-4-8-28(32-27)35-25-14-21(18-31)13-23(15-25)22-6-3-5-20(12-22)17-30/h3-15H,2,16-17,30H2,1H3,(H,33,34). The number of carboxylic acids is 1. The Balaban J connectivity index is 1.69. The average Bonchev–Trinajstić information content (AvgIpc) is 2.88. The molecule has 3 N–H and O–H groups in total. The quantitative estimate of drug-likeness (QED) is 0.345. The van der Waals surface area contributed by atoms with Gasteiger partial charge in [0.05, 0.1) is 23.7 Å². The van der Waals surface area contributed by atoms with Gasteiger partial charge in [-0.1, -0.05) is 49.4 Å². The van der Waals surface area contributed by atoms with Crippen molar-refractivity contribution < 1.29 is 14.6 Å². The molecular formula is C29H25N3O3. The fourth-order valence-electron chi connectivity index (χ4n) is 3.94. The van der Waals surface area contributed by atoms with E-state index >= 15 is 0 Å². The Morgan fingerprint density at radius 3 is 2.57 bits per heavy atom. The van der Waals surface area contributed by atoms with Gasteiger partial charge in [0.2, 0.25) is 5.88 Å². The molecule has 0 aliphatic heterocycles. The van der Waals surface area contributed by atoms with Gasteiger partial charge in [0, 0.05) is 18.2 Å². The lowest BCUT2D eigenvalue weighted by atomic mass is 9.97. The molecule has 6 heteroatoms. The van der Waals surface area contributed by atoms with E-state index in [-0.39, 0.29) is 6.42 Å². The number of hydrogen-bond donors (Lipinski definition) is 2. The molecule has 4 aromatic rings. The lowest BCUT2D eigenvalue weighted by molar-refractivity contribution is -0.136. The molecule has 4 rings (SSSR count). The van der Waals surface area contributed by atoms with Crippen molar-refractivity contribution in [2.45, 2.75) is 26.3 Å². The molecule has 0 spiro atoms. The summed E-state index contributed by atoms with van der Waals surface area (Å²) in [5.41, 5.74) is 12.2. The van der Waals surface area contributed by atoms with Gasteiger partial charge in [0.1, 0.15) is 5.75 Å². The van der Waals surface area contributed by atoms with Gasteiger partial charge >= 0.3 is 5.97 Å². The zero-order chi connectivity index (χ0) is 24.8. The highest BCUT2D eigenvalue weighted by atomic mass is 16.5. The molecule has 0 atom stereocenters. The van der Waals surface area contributed by atoms with Crippen LogP contribution in [0.25, 0.3) is 22.4 Å². The second kappa shape index (κ2) is 10.6. The van der Waals surface area contributed by atoms with E-state index in [2.05, 4.69) is 11.1 Å². The number of hydrogen-bond acceptors (Lipinski definition) is 5. The monoisotopic (exact) mass is 463 g/mol. The Labute approximate surface area is 204 Å². The molecule has 0 aliphatic rings. The maximum Gasteiger partial charge on any atom is 0.307 e. The highest BCUT2D eigenvalue weighted by Gasteiger charge is 2.13. The van der Waals surface area contributed by atoms with Gasteiger partial charge in [0.15, 0.2) is 0 Å². The summed E-state index contributed by atoms with van der Waals surface area (Å²) in [6.45, 7) is 2.46. The zero-order valence-corrected chi connectivity index (χ0v) is 19.4. The number of nitrogens with two attached hydrogens (primary N) is 1. The second-order valence-corrected chi connectivity index (χ2v) is 8.14. The molecule has 1 heterocycles. The third-order valence-corrected chi connectivity index (χ3v) is 5.67. The second-order valence-electron chi connectivity index (χ2n) is 8.14. The third kappa shape index (κ3) is 5.72. The van der Waals surface area contributed by atoms with E-state index in [4.69, 9.17) is 10.5 Å². The topological polar surface area (TPSA) is 109 Å². The van der Waals surface area contributed by atoms with Crippen LogP contribution >= 0.6 is 0 Å². The van der Waals surface area contributed by atoms with Crippen LogP contribution in [0.4, 0.5) is 0 Å². The van der Waals surface area contributed by atoms with Crippen LogP contribution in [0.15, 0.2) is 78.9 Å². The molecule has 0 aliphatic carbocycles. The molecule has 0 saturated heterocycles. The predicted octanol–water partition coefficient (Wildman–Crippen LogP) is 5.73. The van der Waals surface area contributed by atoms with Crippen molar-refractivity contribution in [2.75, 3.05) is 0 Å². The van der Waals surface area contributed by atoms with Gasteiger partial charge in [-0.3, -0.25) is 4.79 Å². The summed E-state index contributed by atoms with van der Waals surface area (Å²) in [6, 6.07) is 26.5. The van der Waals surface area contributed by atoms with Gasteiger partial charge in [0.25, 0.3) is 0 Å². The van der Waals surface area contributed by atoms with Crippen LogP contribution in [0.5, 0.6) is 11.6 Å². The minimum absolute atomic E-state index is 0.0919. The molecule has 0 fully saturated rings. The van der Waals surface area contributed by atoms with E-state index in [1.165, 1.54) is 0 Å². The van der Waals surface area contributed by atoms with Crippen molar-refractivity contribution in [3.63, 3.8) is 0 Å². The number of rotatable bonds is 8. The summed E-state index contributed by atoms with van der Waals surface area (Å²) < 4.78 is 6.06. The Hall–Kier alpha value is -4.47. The number of aliphatic carboxylic acids is 1. The van der Waals surface area contributed by atoms with Crippen molar-refractivity contribution in [2.24, 2.45) is 5.73 Å². The van der Waals surface area contributed by atoms with E-state index in [9.17, 15) is 15.2 Å². The van der Waals surface area contributed by atoms with Crippen LogP contribution in [0.2, 0.25) is 0 Å². The molecule has 174 valence electrons. The predicted molar refractivity (Wildman–Crippen MR) is 135 cm³/mol. The highest BCUT2D eigenvalue weighted by molar-refractivity contribution is 5.76. The molecule has 1 aromatic heterocycles. The maximum absolute atomic E-state index is 11.4. The first-order chi connectivity index (χ1) is 17.0. The number of carbonyl (C=O) groups is 1. The van der Waals surface area contributed by atoms with E-state index in [0.29, 0.717) is 35.0 Å². The summed E-state index contributed by atoms with van der Waals surface area (Å²) in [5.74, 6) is -0.0690. The molecule has 3 aromatic carbocycles. The summed E-state index contributed by atoms with van der Waals surface area (Å²) in [5, 5.41) is 18.9. The molecule has 6 nitrogen and oxygen atoms in total. The Kier molecular flexibility index (Phi) is 7.20. The minimum Gasteiger partial charge on any atom is -0.481 e. The van der Waals surface area contributed by atoms with Gasteiger partial charge in [-0.05, 0) is 64.6 Å². The van der Waals surface area contributed by atoms with Crippen molar-refractivity contribution in [3.05, 3.63) is 101 Å². The fraction of sp³-hybridized carbons (Fsp3) is 0.138. The molecule has 35 heavy (non-hydrogen) atoms.